The van der Waals surface area contributed by atoms with Crippen LogP contribution in [0.2, 0.25) is 0 Å². The summed E-state index contributed by atoms with van der Waals surface area (Å²) in [6, 6.07) is 6.18. The van der Waals surface area contributed by atoms with Crippen molar-refractivity contribution in [3.05, 3.63) is 34.2 Å². The molecule has 2 heterocycles. The van der Waals surface area contributed by atoms with E-state index in [1.165, 1.54) is 5.56 Å². The maximum Gasteiger partial charge on any atom is 0.128 e. The minimum Gasteiger partial charge on any atom is -0.496 e. The first-order chi connectivity index (χ1) is 9.78. The van der Waals surface area contributed by atoms with Gasteiger partial charge in [0.25, 0.3) is 0 Å². The van der Waals surface area contributed by atoms with Crippen LogP contribution in [-0.4, -0.2) is 31.8 Å². The lowest BCUT2D eigenvalue weighted by molar-refractivity contribution is 0.0276. The van der Waals surface area contributed by atoms with Gasteiger partial charge in [0.15, 0.2) is 0 Å². The normalized spacial score (nSPS) is 19.0. The van der Waals surface area contributed by atoms with E-state index in [4.69, 9.17) is 14.5 Å². The highest BCUT2D eigenvalue weighted by Gasteiger charge is 2.20. The summed E-state index contributed by atoms with van der Waals surface area (Å²) in [5.74, 6) is 0.865. The summed E-state index contributed by atoms with van der Waals surface area (Å²) in [6.45, 7) is 4.55. The Morgan fingerprint density at radius 3 is 3.10 bits per heavy atom. The summed E-state index contributed by atoms with van der Waals surface area (Å²) in [7, 11) is 1.69. The van der Waals surface area contributed by atoms with Gasteiger partial charge >= 0.3 is 0 Å². The predicted octanol–water partition coefficient (Wildman–Crippen LogP) is 2.79. The maximum absolute atomic E-state index is 5.74. The van der Waals surface area contributed by atoms with Gasteiger partial charge in [-0.15, -0.1) is 11.3 Å². The molecule has 1 atom stereocenters. The fourth-order valence-electron chi connectivity index (χ4n) is 2.29. The van der Waals surface area contributed by atoms with Gasteiger partial charge < -0.3 is 14.8 Å². The van der Waals surface area contributed by atoms with Crippen LogP contribution in [0.25, 0.3) is 11.3 Å². The zero-order chi connectivity index (χ0) is 13.9. The quantitative estimate of drug-likeness (QED) is 0.944. The van der Waals surface area contributed by atoms with Crippen molar-refractivity contribution in [3.63, 3.8) is 0 Å². The van der Waals surface area contributed by atoms with Gasteiger partial charge in [-0.25, -0.2) is 4.98 Å². The van der Waals surface area contributed by atoms with Crippen molar-refractivity contribution in [1.82, 2.24) is 10.3 Å². The first-order valence-electron chi connectivity index (χ1n) is 6.70. The Labute approximate surface area is 122 Å². The van der Waals surface area contributed by atoms with Crippen molar-refractivity contribution >= 4 is 11.3 Å². The van der Waals surface area contributed by atoms with Gasteiger partial charge in [-0.05, 0) is 24.6 Å². The van der Waals surface area contributed by atoms with E-state index >= 15 is 0 Å². The average Bonchev–Trinajstić information content (AvgIpc) is 2.97. The van der Waals surface area contributed by atoms with Crippen molar-refractivity contribution in [2.45, 2.75) is 13.0 Å². The lowest BCUT2D eigenvalue weighted by Gasteiger charge is -2.21. The van der Waals surface area contributed by atoms with E-state index in [2.05, 4.69) is 29.8 Å². The Morgan fingerprint density at radius 1 is 1.45 bits per heavy atom. The van der Waals surface area contributed by atoms with Crippen LogP contribution in [0, 0.1) is 6.92 Å². The predicted molar refractivity (Wildman–Crippen MR) is 80.4 cm³/mol. The number of benzene rings is 1. The molecule has 0 spiro atoms. The number of hydrogen-bond acceptors (Lipinski definition) is 5. The van der Waals surface area contributed by atoms with E-state index in [9.17, 15) is 0 Å². The highest BCUT2D eigenvalue weighted by Crippen LogP contribution is 2.33. The Hall–Kier alpha value is -1.43. The molecule has 0 saturated carbocycles. The van der Waals surface area contributed by atoms with Gasteiger partial charge in [0.05, 0.1) is 19.4 Å². The second-order valence-electron chi connectivity index (χ2n) is 4.84. The second-order valence-corrected chi connectivity index (χ2v) is 5.73. The van der Waals surface area contributed by atoms with Crippen molar-refractivity contribution in [2.75, 3.05) is 26.8 Å². The number of thiazole rings is 1. The number of aryl methyl sites for hydroxylation is 1. The molecule has 1 aromatic heterocycles. The molecular weight excluding hydrogens is 272 g/mol. The van der Waals surface area contributed by atoms with E-state index < -0.39 is 0 Å². The van der Waals surface area contributed by atoms with E-state index in [0.717, 1.165) is 41.7 Å². The number of nitrogens with zero attached hydrogens (tertiary/aromatic N) is 1. The van der Waals surface area contributed by atoms with Crippen molar-refractivity contribution in [1.29, 1.82) is 0 Å². The number of rotatable bonds is 3. The summed E-state index contributed by atoms with van der Waals surface area (Å²) < 4.78 is 11.2. The molecule has 0 aliphatic carbocycles. The molecule has 1 saturated heterocycles. The molecule has 0 bridgehead atoms. The number of ether oxygens (including phenoxy) is 2. The van der Waals surface area contributed by atoms with Gasteiger partial charge in [-0.2, -0.15) is 0 Å². The first-order valence-corrected chi connectivity index (χ1v) is 7.58. The zero-order valence-electron chi connectivity index (χ0n) is 11.7. The van der Waals surface area contributed by atoms with E-state index in [-0.39, 0.29) is 6.10 Å². The Balaban J connectivity index is 1.89. The van der Waals surface area contributed by atoms with Crippen LogP contribution in [0.15, 0.2) is 23.6 Å². The second kappa shape index (κ2) is 5.91. The van der Waals surface area contributed by atoms with E-state index in [1.54, 1.807) is 18.4 Å². The molecule has 1 aromatic carbocycles. The summed E-state index contributed by atoms with van der Waals surface area (Å²) in [5, 5.41) is 6.42. The summed E-state index contributed by atoms with van der Waals surface area (Å²) >= 11 is 1.64. The monoisotopic (exact) mass is 290 g/mol. The standard InChI is InChI=1S/C15H18N2O2S/c1-10-3-4-11(13(7-10)18-2)12-9-20-15(17-12)14-8-16-5-6-19-14/h3-4,7,9,14,16H,5-6,8H2,1-2H3/t14-/m1/s1. The minimum absolute atomic E-state index is 0.0685. The molecular formula is C15H18N2O2S. The molecule has 2 aromatic rings. The summed E-state index contributed by atoms with van der Waals surface area (Å²) in [4.78, 5) is 4.72. The third kappa shape index (κ3) is 2.70. The molecule has 3 rings (SSSR count). The van der Waals surface area contributed by atoms with Crippen molar-refractivity contribution in [2.24, 2.45) is 0 Å². The number of nitrogens with one attached hydrogen (secondary N) is 1. The van der Waals surface area contributed by atoms with Crippen molar-refractivity contribution in [3.8, 4) is 17.0 Å². The highest BCUT2D eigenvalue weighted by atomic mass is 32.1. The van der Waals surface area contributed by atoms with E-state index in [1.807, 2.05) is 6.07 Å². The van der Waals surface area contributed by atoms with Crippen LogP contribution in [0.1, 0.15) is 16.7 Å². The summed E-state index contributed by atoms with van der Waals surface area (Å²) in [6.07, 6.45) is 0.0685. The molecule has 5 heteroatoms. The van der Waals surface area contributed by atoms with Gasteiger partial charge in [-0.1, -0.05) is 6.07 Å². The molecule has 1 aliphatic heterocycles. The molecule has 20 heavy (non-hydrogen) atoms. The lowest BCUT2D eigenvalue weighted by Crippen LogP contribution is -2.33. The molecule has 0 radical (unpaired) electrons. The Morgan fingerprint density at radius 2 is 2.35 bits per heavy atom. The van der Waals surface area contributed by atoms with E-state index in [0.29, 0.717) is 0 Å². The molecule has 4 nitrogen and oxygen atoms in total. The fraction of sp³-hybridized carbons (Fsp3) is 0.400. The molecule has 0 amide bonds. The van der Waals surface area contributed by atoms with Crippen LogP contribution < -0.4 is 10.1 Å². The molecule has 0 unspecified atom stereocenters. The topological polar surface area (TPSA) is 43.4 Å². The first kappa shape index (κ1) is 13.5. The van der Waals surface area contributed by atoms with Gasteiger partial charge in [0.1, 0.15) is 16.9 Å². The number of hydrogen-bond donors (Lipinski definition) is 1. The molecule has 1 fully saturated rings. The molecule has 1 N–H and O–H groups in total. The Bertz CT molecular complexity index is 591. The van der Waals surface area contributed by atoms with Crippen molar-refractivity contribution < 1.29 is 9.47 Å². The third-order valence-corrected chi connectivity index (χ3v) is 4.29. The highest BCUT2D eigenvalue weighted by molar-refractivity contribution is 7.10. The van der Waals surface area contributed by atoms with Gasteiger partial charge in [0, 0.05) is 24.0 Å². The fourth-order valence-corrected chi connectivity index (χ4v) is 3.16. The largest absolute Gasteiger partial charge is 0.496 e. The van der Waals surface area contributed by atoms with Gasteiger partial charge in [0.2, 0.25) is 0 Å². The minimum atomic E-state index is 0.0685. The van der Waals surface area contributed by atoms with Crippen LogP contribution >= 0.6 is 11.3 Å². The van der Waals surface area contributed by atoms with Crippen LogP contribution in [0.5, 0.6) is 5.75 Å². The molecule has 1 aliphatic rings. The summed E-state index contributed by atoms with van der Waals surface area (Å²) in [5.41, 5.74) is 3.17. The number of methoxy groups -OCH3 is 1. The number of morpholine rings is 1. The Kier molecular flexibility index (Phi) is 4.00. The maximum atomic E-state index is 5.74. The van der Waals surface area contributed by atoms with Crippen LogP contribution in [0.3, 0.4) is 0 Å². The zero-order valence-corrected chi connectivity index (χ0v) is 12.5. The molecule has 106 valence electrons. The lowest BCUT2D eigenvalue weighted by atomic mass is 10.1. The van der Waals surface area contributed by atoms with Crippen LogP contribution in [-0.2, 0) is 4.74 Å². The average molecular weight is 290 g/mol. The SMILES string of the molecule is COc1cc(C)ccc1-c1csc([C@H]2CNCCO2)n1. The number of aromatic nitrogens is 1. The van der Waals surface area contributed by atoms with Gasteiger partial charge in [-0.3, -0.25) is 0 Å². The third-order valence-electron chi connectivity index (χ3n) is 3.36. The smallest absolute Gasteiger partial charge is 0.128 e. The van der Waals surface area contributed by atoms with Crippen LogP contribution in [0.4, 0.5) is 0 Å².